The fourth-order valence-electron chi connectivity index (χ4n) is 7.94. The minimum atomic E-state index is -0.442. The maximum atomic E-state index is 6.51. The van der Waals surface area contributed by atoms with Crippen LogP contribution in [0.25, 0.3) is 76.5 Å². The number of hydrogen-bond donors (Lipinski definition) is 1. The zero-order valence-electron chi connectivity index (χ0n) is 27.9. The van der Waals surface area contributed by atoms with E-state index in [0.29, 0.717) is 5.84 Å². The number of furan rings is 2. The van der Waals surface area contributed by atoms with Crippen molar-refractivity contribution < 1.29 is 8.83 Å². The van der Waals surface area contributed by atoms with Gasteiger partial charge >= 0.3 is 0 Å². The first-order chi connectivity index (χ1) is 25.8. The van der Waals surface area contributed by atoms with Crippen molar-refractivity contribution in [2.24, 2.45) is 9.98 Å². The first-order valence-corrected chi connectivity index (χ1v) is 17.5. The average Bonchev–Trinajstić information content (AvgIpc) is 3.79. The third-order valence-electron chi connectivity index (χ3n) is 10.4. The van der Waals surface area contributed by atoms with E-state index in [1.165, 1.54) is 5.39 Å². The lowest BCUT2D eigenvalue weighted by Crippen LogP contribution is -2.33. The first-order valence-electron chi connectivity index (χ1n) is 17.5. The Morgan fingerprint density at radius 1 is 0.462 bits per heavy atom. The molecule has 3 heterocycles. The van der Waals surface area contributed by atoms with Crippen LogP contribution in [0.15, 0.2) is 183 Å². The molecule has 5 heteroatoms. The number of nitrogens with one attached hydrogen (secondary N) is 1. The molecule has 0 saturated heterocycles. The number of nitrogens with zero attached hydrogens (tertiary/aromatic N) is 2. The lowest BCUT2D eigenvalue weighted by Gasteiger charge is -2.24. The summed E-state index contributed by atoms with van der Waals surface area (Å²) in [4.78, 5) is 10.6. The van der Waals surface area contributed by atoms with E-state index in [4.69, 9.17) is 18.8 Å². The average molecular weight is 668 g/mol. The van der Waals surface area contributed by atoms with Gasteiger partial charge in [0.05, 0.1) is 0 Å². The number of amidine groups is 2. The van der Waals surface area contributed by atoms with E-state index < -0.39 is 6.17 Å². The molecule has 1 aliphatic heterocycles. The summed E-state index contributed by atoms with van der Waals surface area (Å²) >= 11 is 0. The smallest absolute Gasteiger partial charge is 0.160 e. The maximum Gasteiger partial charge on any atom is 0.160 e. The van der Waals surface area contributed by atoms with Crippen LogP contribution in [0.5, 0.6) is 0 Å². The van der Waals surface area contributed by atoms with E-state index in [0.717, 1.165) is 93.7 Å². The molecule has 0 amide bonds. The van der Waals surface area contributed by atoms with E-state index in [2.05, 4.69) is 133 Å². The van der Waals surface area contributed by atoms with Gasteiger partial charge in [-0.15, -0.1) is 0 Å². The number of fused-ring (bicyclic) bond motifs is 8. The topological polar surface area (TPSA) is 63.0 Å². The number of rotatable bonds is 4. The molecule has 0 saturated carbocycles. The number of benzene rings is 8. The monoisotopic (exact) mass is 667 g/mol. The molecule has 1 aliphatic rings. The quantitative estimate of drug-likeness (QED) is 0.203. The van der Waals surface area contributed by atoms with Crippen molar-refractivity contribution in [2.75, 3.05) is 0 Å². The third-order valence-corrected chi connectivity index (χ3v) is 10.4. The molecule has 1 unspecified atom stereocenters. The molecule has 1 atom stereocenters. The van der Waals surface area contributed by atoms with E-state index in [1.54, 1.807) is 0 Å². The molecule has 0 fully saturated rings. The molecular formula is C47H29N3O2. The van der Waals surface area contributed by atoms with Crippen LogP contribution in [0.1, 0.15) is 22.9 Å². The lowest BCUT2D eigenvalue weighted by molar-refractivity contribution is 0.628. The summed E-state index contributed by atoms with van der Waals surface area (Å²) in [6, 6.07) is 56.9. The van der Waals surface area contributed by atoms with Gasteiger partial charge in [-0.2, -0.15) is 0 Å². The Labute approximate surface area is 298 Å². The van der Waals surface area contributed by atoms with Crippen molar-refractivity contribution >= 4 is 77.1 Å². The summed E-state index contributed by atoms with van der Waals surface area (Å²) in [7, 11) is 0. The van der Waals surface area contributed by atoms with Gasteiger partial charge in [0, 0.05) is 38.2 Å². The summed E-state index contributed by atoms with van der Waals surface area (Å²) < 4.78 is 12.8. The summed E-state index contributed by atoms with van der Waals surface area (Å²) in [5, 5.41) is 12.6. The highest BCUT2D eigenvalue weighted by Gasteiger charge is 2.26. The Hall–Kier alpha value is -6.98. The second-order valence-corrected chi connectivity index (χ2v) is 13.3. The molecule has 0 aliphatic carbocycles. The fraction of sp³-hybridized carbons (Fsp3) is 0.0213. The Morgan fingerprint density at radius 3 is 1.98 bits per heavy atom. The van der Waals surface area contributed by atoms with E-state index in [9.17, 15) is 0 Å². The molecule has 244 valence electrons. The van der Waals surface area contributed by atoms with Crippen molar-refractivity contribution in [1.29, 1.82) is 0 Å². The molecule has 0 bridgehead atoms. The molecule has 52 heavy (non-hydrogen) atoms. The number of aliphatic imine (C=N–C) groups is 2. The highest BCUT2D eigenvalue weighted by atomic mass is 16.3. The van der Waals surface area contributed by atoms with Crippen LogP contribution < -0.4 is 5.32 Å². The molecular weight excluding hydrogens is 639 g/mol. The molecule has 11 rings (SSSR count). The standard InChI is InChI=1S/C47H29N3O2/c1-2-12-29-27-30(26-25-28(29)11-1)45-48-46(50-47(49-45)39-21-9-19-36-34-13-3-5-22-40(34)52-44(36)39)37-20-8-15-31-32(16-7-17-33(31)37)35-18-10-24-42-43(35)38-14-4-6-23-41(38)51-42/h1-27,47H,(H,48,49,50). The molecule has 5 nitrogen and oxygen atoms in total. The Bertz CT molecular complexity index is 3130. The summed E-state index contributed by atoms with van der Waals surface area (Å²) in [6.07, 6.45) is -0.442. The number of hydrogen-bond acceptors (Lipinski definition) is 5. The minimum absolute atomic E-state index is 0.442. The van der Waals surface area contributed by atoms with Crippen molar-refractivity contribution in [3.8, 4) is 11.1 Å². The zero-order chi connectivity index (χ0) is 34.2. The van der Waals surface area contributed by atoms with E-state index >= 15 is 0 Å². The maximum absolute atomic E-state index is 6.51. The SMILES string of the molecule is c1ccc2cc(C3=NC(c4cccc5c(-c6cccc7oc8ccccc8c67)cccc45)=NC(c4cccc5c4oc4ccccc45)N3)ccc2c1. The Kier molecular flexibility index (Phi) is 6.25. The fourth-order valence-corrected chi connectivity index (χ4v) is 7.94. The highest BCUT2D eigenvalue weighted by Crippen LogP contribution is 2.40. The summed E-state index contributed by atoms with van der Waals surface area (Å²) in [6.45, 7) is 0. The van der Waals surface area contributed by atoms with Crippen molar-refractivity contribution in [3.63, 3.8) is 0 Å². The van der Waals surface area contributed by atoms with Gasteiger partial charge in [0.25, 0.3) is 0 Å². The second kappa shape index (κ2) is 11.3. The highest BCUT2D eigenvalue weighted by molar-refractivity contribution is 6.21. The molecule has 2 aromatic heterocycles. The van der Waals surface area contributed by atoms with Gasteiger partial charge in [-0.05, 0) is 56.9 Å². The Morgan fingerprint density at radius 2 is 1.10 bits per heavy atom. The Balaban J connectivity index is 1.13. The predicted molar refractivity (Wildman–Crippen MR) is 213 cm³/mol. The second-order valence-electron chi connectivity index (χ2n) is 13.3. The van der Waals surface area contributed by atoms with E-state index in [1.807, 2.05) is 36.4 Å². The summed E-state index contributed by atoms with van der Waals surface area (Å²) in [5.74, 6) is 1.42. The van der Waals surface area contributed by atoms with Crippen LogP contribution in [0, 0.1) is 0 Å². The molecule has 0 radical (unpaired) electrons. The number of para-hydroxylation sites is 3. The van der Waals surface area contributed by atoms with Gasteiger partial charge in [-0.3, -0.25) is 0 Å². The zero-order valence-corrected chi connectivity index (χ0v) is 27.9. The van der Waals surface area contributed by atoms with E-state index in [-0.39, 0.29) is 0 Å². The van der Waals surface area contributed by atoms with Gasteiger partial charge in [-0.1, -0.05) is 140 Å². The van der Waals surface area contributed by atoms with Gasteiger partial charge in [0.15, 0.2) is 12.0 Å². The third kappa shape index (κ3) is 4.42. The van der Waals surface area contributed by atoms with Gasteiger partial charge in [0.1, 0.15) is 28.2 Å². The van der Waals surface area contributed by atoms with Crippen LogP contribution in [0.4, 0.5) is 0 Å². The minimum Gasteiger partial charge on any atom is -0.456 e. The van der Waals surface area contributed by atoms with Crippen molar-refractivity contribution in [2.45, 2.75) is 6.17 Å². The van der Waals surface area contributed by atoms with Crippen molar-refractivity contribution in [3.05, 3.63) is 180 Å². The van der Waals surface area contributed by atoms with Crippen molar-refractivity contribution in [1.82, 2.24) is 5.32 Å². The van der Waals surface area contributed by atoms with Gasteiger partial charge in [-0.25, -0.2) is 9.98 Å². The summed E-state index contributed by atoms with van der Waals surface area (Å²) in [5.41, 5.74) is 8.62. The molecule has 1 N–H and O–H groups in total. The van der Waals surface area contributed by atoms with Gasteiger partial charge < -0.3 is 14.2 Å². The normalized spacial score (nSPS) is 14.7. The lowest BCUT2D eigenvalue weighted by atomic mass is 9.92. The van der Waals surface area contributed by atoms with Gasteiger partial charge in [0.2, 0.25) is 0 Å². The molecule has 0 spiro atoms. The van der Waals surface area contributed by atoms with Crippen LogP contribution in [0.3, 0.4) is 0 Å². The first kappa shape index (κ1) is 28.8. The van der Waals surface area contributed by atoms with Crippen LogP contribution in [-0.4, -0.2) is 11.7 Å². The predicted octanol–water partition coefficient (Wildman–Crippen LogP) is 12.0. The van der Waals surface area contributed by atoms with Crippen LogP contribution >= 0.6 is 0 Å². The van der Waals surface area contributed by atoms with Crippen LogP contribution in [0.2, 0.25) is 0 Å². The molecule has 10 aromatic rings. The molecule has 8 aromatic carbocycles. The largest absolute Gasteiger partial charge is 0.456 e. The van der Waals surface area contributed by atoms with Crippen LogP contribution in [-0.2, 0) is 0 Å².